The van der Waals surface area contributed by atoms with Crippen LogP contribution in [0.5, 0.6) is 0 Å². The number of hydrogen-bond donors (Lipinski definition) is 1. The molecule has 0 rings (SSSR count). The van der Waals surface area contributed by atoms with Gasteiger partial charge in [0.25, 0.3) is 0 Å². The molecule has 0 aliphatic rings. The van der Waals surface area contributed by atoms with Crippen molar-refractivity contribution in [3.8, 4) is 0 Å². The van der Waals surface area contributed by atoms with Crippen molar-refractivity contribution in [2.45, 2.75) is 33.4 Å². The Balaban J connectivity index is 4.44. The Morgan fingerprint density at radius 3 is 2.00 bits per heavy atom. The molecule has 0 bridgehead atoms. The first kappa shape index (κ1) is 9.93. The first-order valence-electron chi connectivity index (χ1n) is 3.34. The summed E-state index contributed by atoms with van der Waals surface area (Å²) in [4.78, 5) is 9.24. The molecule has 0 spiro atoms. The Labute approximate surface area is 62.4 Å². The molecule has 0 radical (unpaired) electrons. The van der Waals surface area contributed by atoms with Crippen LogP contribution < -0.4 is 0 Å². The standard InChI is InChI=1S/C7H15O2P/c1-6(2)5-10(8,9)7(3)4/h5,7H,1-4H3,(H,8,9). The van der Waals surface area contributed by atoms with E-state index in [-0.39, 0.29) is 5.66 Å². The molecule has 0 saturated carbocycles. The Hall–Kier alpha value is -0.0700. The van der Waals surface area contributed by atoms with Gasteiger partial charge in [-0.25, -0.2) is 0 Å². The molecule has 10 heavy (non-hydrogen) atoms. The molecule has 1 atom stereocenters. The molecular weight excluding hydrogens is 147 g/mol. The summed E-state index contributed by atoms with van der Waals surface area (Å²) in [6.45, 7) is 7.15. The molecule has 2 nitrogen and oxygen atoms in total. The summed E-state index contributed by atoms with van der Waals surface area (Å²) >= 11 is 0. The minimum atomic E-state index is -2.98. The maximum Gasteiger partial charge on any atom is 0.224 e. The second-order valence-corrected chi connectivity index (χ2v) is 5.61. The van der Waals surface area contributed by atoms with Gasteiger partial charge in [0.15, 0.2) is 0 Å². The SMILES string of the molecule is CC(C)=CP(=O)(O)C(C)C. The van der Waals surface area contributed by atoms with E-state index in [9.17, 15) is 9.46 Å². The van der Waals surface area contributed by atoms with Gasteiger partial charge in [-0.05, 0) is 19.7 Å². The molecular formula is C7H15O2P. The lowest BCUT2D eigenvalue weighted by Crippen LogP contribution is -1.93. The van der Waals surface area contributed by atoms with Crippen LogP contribution >= 0.6 is 7.37 Å². The lowest BCUT2D eigenvalue weighted by molar-refractivity contribution is 0.479. The summed E-state index contributed by atoms with van der Waals surface area (Å²) in [6.07, 6.45) is 0. The van der Waals surface area contributed by atoms with Gasteiger partial charge in [0.05, 0.1) is 0 Å². The smallest absolute Gasteiger partial charge is 0.224 e. The van der Waals surface area contributed by atoms with Gasteiger partial charge in [0.2, 0.25) is 7.37 Å². The molecule has 0 aromatic carbocycles. The van der Waals surface area contributed by atoms with Crippen LogP contribution in [0, 0.1) is 0 Å². The number of rotatable bonds is 2. The normalized spacial score (nSPS) is 16.6. The molecule has 0 amide bonds. The van der Waals surface area contributed by atoms with Crippen molar-refractivity contribution in [2.24, 2.45) is 0 Å². The predicted molar refractivity (Wildman–Crippen MR) is 44.4 cm³/mol. The molecule has 0 aliphatic carbocycles. The minimum Gasteiger partial charge on any atom is -0.341 e. The van der Waals surface area contributed by atoms with Crippen molar-refractivity contribution in [2.75, 3.05) is 0 Å². The van der Waals surface area contributed by atoms with Gasteiger partial charge in [-0.15, -0.1) is 0 Å². The van der Waals surface area contributed by atoms with Crippen LogP contribution in [0.2, 0.25) is 0 Å². The summed E-state index contributed by atoms with van der Waals surface area (Å²) in [5.74, 6) is 1.46. The van der Waals surface area contributed by atoms with Crippen LogP contribution in [0.1, 0.15) is 27.7 Å². The quantitative estimate of drug-likeness (QED) is 0.633. The molecule has 60 valence electrons. The fourth-order valence-corrected chi connectivity index (χ4v) is 1.56. The summed E-state index contributed by atoms with van der Waals surface area (Å²) < 4.78 is 11.2. The molecule has 0 saturated heterocycles. The third-order valence-corrected chi connectivity index (χ3v) is 3.55. The monoisotopic (exact) mass is 162 g/mol. The van der Waals surface area contributed by atoms with Crippen molar-refractivity contribution in [1.82, 2.24) is 0 Å². The van der Waals surface area contributed by atoms with E-state index in [1.54, 1.807) is 13.8 Å². The van der Waals surface area contributed by atoms with Crippen LogP contribution in [0.15, 0.2) is 11.4 Å². The van der Waals surface area contributed by atoms with Gasteiger partial charge in [-0.1, -0.05) is 19.4 Å². The average molecular weight is 162 g/mol. The van der Waals surface area contributed by atoms with Gasteiger partial charge >= 0.3 is 0 Å². The lowest BCUT2D eigenvalue weighted by Gasteiger charge is -2.10. The summed E-state index contributed by atoms with van der Waals surface area (Å²) in [6, 6.07) is 0. The Morgan fingerprint density at radius 2 is 1.90 bits per heavy atom. The average Bonchev–Trinajstić information content (AvgIpc) is 1.60. The predicted octanol–water partition coefficient (Wildman–Crippen LogP) is 2.59. The van der Waals surface area contributed by atoms with E-state index in [1.165, 1.54) is 5.82 Å². The molecule has 0 aromatic heterocycles. The van der Waals surface area contributed by atoms with Crippen molar-refractivity contribution >= 4 is 7.37 Å². The second-order valence-electron chi connectivity index (χ2n) is 2.97. The van der Waals surface area contributed by atoms with Gasteiger partial charge in [0.1, 0.15) is 0 Å². The van der Waals surface area contributed by atoms with E-state index < -0.39 is 7.37 Å². The highest BCUT2D eigenvalue weighted by atomic mass is 31.2. The highest BCUT2D eigenvalue weighted by molar-refractivity contribution is 7.61. The number of allylic oxidation sites excluding steroid dienone is 1. The zero-order chi connectivity index (χ0) is 8.36. The summed E-state index contributed by atoms with van der Waals surface area (Å²) in [5.41, 5.74) is 0.738. The van der Waals surface area contributed by atoms with Crippen molar-refractivity contribution in [3.63, 3.8) is 0 Å². The number of hydrogen-bond acceptors (Lipinski definition) is 1. The molecule has 0 aliphatic heterocycles. The minimum absolute atomic E-state index is 0.164. The third kappa shape index (κ3) is 3.19. The molecule has 3 heteroatoms. The van der Waals surface area contributed by atoms with E-state index in [0.29, 0.717) is 0 Å². The van der Waals surface area contributed by atoms with E-state index in [0.717, 1.165) is 5.57 Å². The summed E-state index contributed by atoms with van der Waals surface area (Å²) in [7, 11) is -2.98. The van der Waals surface area contributed by atoms with E-state index in [2.05, 4.69) is 0 Å². The molecule has 0 fully saturated rings. The van der Waals surface area contributed by atoms with Crippen molar-refractivity contribution < 1.29 is 9.46 Å². The first-order chi connectivity index (χ1) is 4.36. The molecule has 0 aromatic rings. The lowest BCUT2D eigenvalue weighted by atomic mass is 10.4. The maximum atomic E-state index is 11.2. The van der Waals surface area contributed by atoms with Crippen LogP contribution in [0.3, 0.4) is 0 Å². The third-order valence-electron chi connectivity index (χ3n) is 1.18. The zero-order valence-corrected chi connectivity index (χ0v) is 7.85. The van der Waals surface area contributed by atoms with Crippen molar-refractivity contribution in [1.29, 1.82) is 0 Å². The fraction of sp³-hybridized carbons (Fsp3) is 0.714. The van der Waals surface area contributed by atoms with Crippen LogP contribution in [0.4, 0.5) is 0 Å². The maximum absolute atomic E-state index is 11.2. The van der Waals surface area contributed by atoms with Gasteiger partial charge in [0, 0.05) is 5.66 Å². The van der Waals surface area contributed by atoms with Crippen molar-refractivity contribution in [3.05, 3.63) is 11.4 Å². The van der Waals surface area contributed by atoms with Crippen LogP contribution in [0.25, 0.3) is 0 Å². The Bertz CT molecular complexity index is 178. The molecule has 1 unspecified atom stereocenters. The van der Waals surface area contributed by atoms with Gasteiger partial charge < -0.3 is 4.89 Å². The van der Waals surface area contributed by atoms with E-state index in [1.807, 2.05) is 13.8 Å². The molecule has 1 N–H and O–H groups in total. The highest BCUT2D eigenvalue weighted by Gasteiger charge is 2.18. The van der Waals surface area contributed by atoms with Gasteiger partial charge in [-0.3, -0.25) is 4.57 Å². The topological polar surface area (TPSA) is 37.3 Å². The largest absolute Gasteiger partial charge is 0.341 e. The van der Waals surface area contributed by atoms with Crippen LogP contribution in [-0.4, -0.2) is 10.6 Å². The van der Waals surface area contributed by atoms with E-state index >= 15 is 0 Å². The van der Waals surface area contributed by atoms with Crippen LogP contribution in [-0.2, 0) is 4.57 Å². The Kier molecular flexibility index (Phi) is 3.34. The van der Waals surface area contributed by atoms with E-state index in [4.69, 9.17) is 0 Å². The highest BCUT2D eigenvalue weighted by Crippen LogP contribution is 2.48. The first-order valence-corrected chi connectivity index (χ1v) is 5.14. The van der Waals surface area contributed by atoms with Gasteiger partial charge in [-0.2, -0.15) is 0 Å². The second kappa shape index (κ2) is 3.36. The summed E-state index contributed by atoms with van der Waals surface area (Å²) in [5, 5.41) is 0. The fourth-order valence-electron chi connectivity index (χ4n) is 0.519. The Morgan fingerprint density at radius 1 is 1.50 bits per heavy atom. The molecule has 0 heterocycles. The zero-order valence-electron chi connectivity index (χ0n) is 6.96.